The Hall–Kier alpha value is -0.120. The lowest BCUT2D eigenvalue weighted by molar-refractivity contribution is 0.281. The molecule has 0 radical (unpaired) electrons. The second-order valence-corrected chi connectivity index (χ2v) is 4.62. The SMILES string of the molecule is CC.CC.CN(C)CCCN(C)CCCN(C)C. The van der Waals surface area contributed by atoms with Gasteiger partial charge in [-0.2, -0.15) is 0 Å². The van der Waals surface area contributed by atoms with Crippen molar-refractivity contribution in [2.75, 3.05) is 61.4 Å². The molecule has 0 spiro atoms. The van der Waals surface area contributed by atoms with Gasteiger partial charge >= 0.3 is 0 Å². The van der Waals surface area contributed by atoms with Crippen LogP contribution in [0.4, 0.5) is 0 Å². The molecule has 0 rings (SSSR count). The molecule has 0 unspecified atom stereocenters. The summed E-state index contributed by atoms with van der Waals surface area (Å²) in [6.45, 7) is 12.8. The maximum absolute atomic E-state index is 2.42. The van der Waals surface area contributed by atoms with Crippen LogP contribution in [0, 0.1) is 0 Å². The van der Waals surface area contributed by atoms with Crippen LogP contribution in [0.1, 0.15) is 40.5 Å². The average Bonchev–Trinajstić information content (AvgIpc) is 2.33. The summed E-state index contributed by atoms with van der Waals surface area (Å²) >= 11 is 0. The Morgan fingerprint density at radius 1 is 0.500 bits per heavy atom. The first-order chi connectivity index (χ1) is 8.52. The minimum atomic E-state index is 1.19. The average molecular weight is 261 g/mol. The van der Waals surface area contributed by atoms with Crippen LogP contribution < -0.4 is 0 Å². The number of hydrogen-bond donors (Lipinski definition) is 0. The van der Waals surface area contributed by atoms with Gasteiger partial charge in [0.05, 0.1) is 0 Å². The Kier molecular flexibility index (Phi) is 24.6. The third-order valence-corrected chi connectivity index (χ3v) is 2.29. The normalized spacial score (nSPS) is 10.0. The molecule has 18 heavy (non-hydrogen) atoms. The number of hydrogen-bond acceptors (Lipinski definition) is 3. The van der Waals surface area contributed by atoms with Crippen molar-refractivity contribution in [3.63, 3.8) is 0 Å². The third kappa shape index (κ3) is 24.9. The highest BCUT2D eigenvalue weighted by atomic mass is 15.1. The van der Waals surface area contributed by atoms with Crippen LogP contribution in [0.5, 0.6) is 0 Å². The van der Waals surface area contributed by atoms with E-state index < -0.39 is 0 Å². The lowest BCUT2D eigenvalue weighted by atomic mass is 10.3. The standard InChI is InChI=1S/C11H27N3.2C2H6/c1-12(2)8-6-10-14(5)11-7-9-13(3)4;2*1-2/h6-11H2,1-5H3;2*1-2H3. The van der Waals surface area contributed by atoms with Crippen LogP contribution in [-0.4, -0.2) is 76.1 Å². The van der Waals surface area contributed by atoms with Crippen LogP contribution in [0.2, 0.25) is 0 Å². The molecular formula is C15H39N3. The van der Waals surface area contributed by atoms with Gasteiger partial charge in [0.2, 0.25) is 0 Å². The maximum Gasteiger partial charge on any atom is -0.000959 e. The minimum Gasteiger partial charge on any atom is -0.309 e. The molecule has 0 fully saturated rings. The maximum atomic E-state index is 2.42. The topological polar surface area (TPSA) is 9.72 Å². The van der Waals surface area contributed by atoms with Crippen molar-refractivity contribution in [1.29, 1.82) is 0 Å². The van der Waals surface area contributed by atoms with Crippen molar-refractivity contribution in [3.8, 4) is 0 Å². The zero-order valence-corrected chi connectivity index (χ0v) is 14.6. The molecule has 0 atom stereocenters. The Morgan fingerprint density at radius 3 is 1.00 bits per heavy atom. The Bertz CT molecular complexity index is 111. The largest absolute Gasteiger partial charge is 0.309 e. The van der Waals surface area contributed by atoms with Crippen molar-refractivity contribution in [3.05, 3.63) is 0 Å². The predicted molar refractivity (Wildman–Crippen MR) is 86.5 cm³/mol. The molecule has 0 amide bonds. The van der Waals surface area contributed by atoms with Gasteiger partial charge in [-0.1, -0.05) is 27.7 Å². The Labute approximate surface area is 117 Å². The molecule has 0 aliphatic heterocycles. The summed E-state index contributed by atoms with van der Waals surface area (Å²) in [6, 6.07) is 0. The summed E-state index contributed by atoms with van der Waals surface area (Å²) in [7, 11) is 10.7. The summed E-state index contributed by atoms with van der Waals surface area (Å²) < 4.78 is 0. The van der Waals surface area contributed by atoms with Crippen LogP contribution in [0.3, 0.4) is 0 Å². The zero-order valence-electron chi connectivity index (χ0n) is 14.6. The minimum absolute atomic E-state index is 1.19. The first kappa shape index (κ1) is 23.0. The van der Waals surface area contributed by atoms with Crippen LogP contribution in [-0.2, 0) is 0 Å². The van der Waals surface area contributed by atoms with Crippen molar-refractivity contribution in [2.45, 2.75) is 40.5 Å². The monoisotopic (exact) mass is 261 g/mol. The highest BCUT2D eigenvalue weighted by molar-refractivity contribution is 4.55. The first-order valence-corrected chi connectivity index (χ1v) is 7.50. The fourth-order valence-electron chi connectivity index (χ4n) is 1.43. The van der Waals surface area contributed by atoms with Crippen molar-refractivity contribution >= 4 is 0 Å². The smallest absolute Gasteiger partial charge is 0.000959 e. The molecule has 3 heteroatoms. The van der Waals surface area contributed by atoms with E-state index in [2.05, 4.69) is 49.9 Å². The van der Waals surface area contributed by atoms with Crippen LogP contribution in [0.25, 0.3) is 0 Å². The zero-order chi connectivity index (χ0) is 15.0. The molecule has 0 saturated heterocycles. The second-order valence-electron chi connectivity index (χ2n) is 4.62. The first-order valence-electron chi connectivity index (χ1n) is 7.50. The van der Waals surface area contributed by atoms with E-state index in [1.807, 2.05) is 27.7 Å². The van der Waals surface area contributed by atoms with Gasteiger partial charge in [0.25, 0.3) is 0 Å². The lowest BCUT2D eigenvalue weighted by Gasteiger charge is -2.19. The lowest BCUT2D eigenvalue weighted by Crippen LogP contribution is -2.26. The van der Waals surface area contributed by atoms with Gasteiger partial charge in [-0.25, -0.2) is 0 Å². The van der Waals surface area contributed by atoms with Gasteiger partial charge in [-0.15, -0.1) is 0 Å². The van der Waals surface area contributed by atoms with E-state index in [1.54, 1.807) is 0 Å². The summed E-state index contributed by atoms with van der Waals surface area (Å²) in [5.41, 5.74) is 0. The van der Waals surface area contributed by atoms with E-state index in [-0.39, 0.29) is 0 Å². The van der Waals surface area contributed by atoms with E-state index in [9.17, 15) is 0 Å². The van der Waals surface area contributed by atoms with Gasteiger partial charge in [0.15, 0.2) is 0 Å². The van der Waals surface area contributed by atoms with Gasteiger partial charge < -0.3 is 14.7 Å². The molecule has 0 heterocycles. The Morgan fingerprint density at radius 2 is 0.778 bits per heavy atom. The van der Waals surface area contributed by atoms with E-state index in [4.69, 9.17) is 0 Å². The molecule has 0 aromatic heterocycles. The van der Waals surface area contributed by atoms with Gasteiger partial charge in [-0.05, 0) is 74.3 Å². The molecule has 114 valence electrons. The van der Waals surface area contributed by atoms with E-state index in [0.717, 1.165) is 0 Å². The number of nitrogens with zero attached hydrogens (tertiary/aromatic N) is 3. The van der Waals surface area contributed by atoms with Crippen molar-refractivity contribution < 1.29 is 0 Å². The third-order valence-electron chi connectivity index (χ3n) is 2.29. The van der Waals surface area contributed by atoms with Crippen LogP contribution in [0.15, 0.2) is 0 Å². The highest BCUT2D eigenvalue weighted by Crippen LogP contribution is 1.92. The van der Waals surface area contributed by atoms with Gasteiger partial charge in [-0.3, -0.25) is 0 Å². The summed E-state index contributed by atoms with van der Waals surface area (Å²) in [6.07, 6.45) is 2.54. The van der Waals surface area contributed by atoms with Crippen LogP contribution >= 0.6 is 0 Å². The summed E-state index contributed by atoms with van der Waals surface area (Å²) in [5.74, 6) is 0. The number of rotatable bonds is 8. The molecule has 0 bridgehead atoms. The molecule has 0 aliphatic rings. The molecule has 0 N–H and O–H groups in total. The summed E-state index contributed by atoms with van der Waals surface area (Å²) in [4.78, 5) is 6.91. The molecule has 0 aliphatic carbocycles. The quantitative estimate of drug-likeness (QED) is 0.665. The summed E-state index contributed by atoms with van der Waals surface area (Å²) in [5, 5.41) is 0. The predicted octanol–water partition coefficient (Wildman–Crippen LogP) is 2.87. The highest BCUT2D eigenvalue weighted by Gasteiger charge is 1.99. The second kappa shape index (κ2) is 19.2. The molecule has 0 aromatic rings. The van der Waals surface area contributed by atoms with E-state index in [1.165, 1.54) is 39.0 Å². The molecule has 0 aromatic carbocycles. The molecule has 0 saturated carbocycles. The fourth-order valence-corrected chi connectivity index (χ4v) is 1.43. The molecule has 3 nitrogen and oxygen atoms in total. The Balaban J connectivity index is -0.000000506. The van der Waals surface area contributed by atoms with Gasteiger partial charge in [0, 0.05) is 0 Å². The fraction of sp³-hybridized carbons (Fsp3) is 1.00. The van der Waals surface area contributed by atoms with Crippen molar-refractivity contribution in [1.82, 2.24) is 14.7 Å². The van der Waals surface area contributed by atoms with Crippen molar-refractivity contribution in [2.24, 2.45) is 0 Å². The van der Waals surface area contributed by atoms with E-state index in [0.29, 0.717) is 0 Å². The van der Waals surface area contributed by atoms with Gasteiger partial charge in [0.1, 0.15) is 0 Å². The van der Waals surface area contributed by atoms with E-state index >= 15 is 0 Å². The molecular weight excluding hydrogens is 222 g/mol.